The molecule has 68 valence electrons. The van der Waals surface area contributed by atoms with Gasteiger partial charge in [0.05, 0.1) is 0 Å². The lowest BCUT2D eigenvalue weighted by Gasteiger charge is -2.29. The van der Waals surface area contributed by atoms with Gasteiger partial charge in [-0.2, -0.15) is 0 Å². The minimum atomic E-state index is 0.161. The van der Waals surface area contributed by atoms with Gasteiger partial charge in [0.1, 0.15) is 5.82 Å². The number of amides is 1. The first kappa shape index (κ1) is 8.69. The van der Waals surface area contributed by atoms with E-state index >= 15 is 0 Å². The molecule has 1 amide bonds. The molecule has 1 aromatic rings. The van der Waals surface area contributed by atoms with E-state index in [9.17, 15) is 4.79 Å². The van der Waals surface area contributed by atoms with Crippen LogP contribution in [0.25, 0.3) is 0 Å². The van der Waals surface area contributed by atoms with Crippen molar-refractivity contribution in [2.75, 3.05) is 11.4 Å². The fraction of sp³-hybridized carbons (Fsp3) is 0.333. The molecular weight excluding hydrogens is 232 g/mol. The fourth-order valence-electron chi connectivity index (χ4n) is 1.23. The van der Waals surface area contributed by atoms with Gasteiger partial charge in [-0.25, -0.2) is 4.98 Å². The molecule has 4 heteroatoms. The van der Waals surface area contributed by atoms with Crippen LogP contribution >= 0.6 is 15.9 Å². The molecule has 0 radical (unpaired) electrons. The highest BCUT2D eigenvalue weighted by atomic mass is 79.9. The summed E-state index contributed by atoms with van der Waals surface area (Å²) in [6.07, 6.45) is 2.38. The minimum Gasteiger partial charge on any atom is -0.296 e. The van der Waals surface area contributed by atoms with Gasteiger partial charge in [-0.1, -0.05) is 0 Å². The van der Waals surface area contributed by atoms with Crippen molar-refractivity contribution in [2.24, 2.45) is 0 Å². The van der Waals surface area contributed by atoms with Crippen LogP contribution in [0, 0.1) is 6.92 Å². The van der Waals surface area contributed by atoms with Crippen molar-refractivity contribution in [1.29, 1.82) is 0 Å². The average Bonchev–Trinajstić information content (AvgIpc) is 2.09. The zero-order valence-electron chi connectivity index (χ0n) is 7.25. The van der Waals surface area contributed by atoms with E-state index in [1.807, 2.05) is 13.0 Å². The average molecular weight is 241 g/mol. The third-order valence-electron chi connectivity index (χ3n) is 2.16. The molecule has 0 aliphatic carbocycles. The number of carbonyl (C=O) groups is 1. The van der Waals surface area contributed by atoms with Crippen LogP contribution in [0.4, 0.5) is 5.82 Å². The second-order valence-corrected chi connectivity index (χ2v) is 3.94. The molecule has 0 saturated carbocycles. The molecule has 2 heterocycles. The molecule has 0 atom stereocenters. The van der Waals surface area contributed by atoms with Crippen molar-refractivity contribution in [3.8, 4) is 0 Å². The zero-order chi connectivity index (χ0) is 9.42. The van der Waals surface area contributed by atoms with E-state index in [-0.39, 0.29) is 5.91 Å². The topological polar surface area (TPSA) is 33.2 Å². The van der Waals surface area contributed by atoms with Crippen LogP contribution in [-0.4, -0.2) is 17.4 Å². The third kappa shape index (κ3) is 1.46. The minimum absolute atomic E-state index is 0.161. The summed E-state index contributed by atoms with van der Waals surface area (Å²) < 4.78 is 0.976. The predicted molar refractivity (Wildman–Crippen MR) is 53.6 cm³/mol. The van der Waals surface area contributed by atoms with E-state index in [0.717, 1.165) is 22.4 Å². The first-order valence-corrected chi connectivity index (χ1v) is 4.90. The highest BCUT2D eigenvalue weighted by Crippen LogP contribution is 2.23. The molecule has 1 aromatic heterocycles. The van der Waals surface area contributed by atoms with Crippen LogP contribution in [0.3, 0.4) is 0 Å². The molecule has 0 aromatic carbocycles. The van der Waals surface area contributed by atoms with E-state index < -0.39 is 0 Å². The number of hydrogen-bond acceptors (Lipinski definition) is 2. The maximum Gasteiger partial charge on any atom is 0.229 e. The van der Waals surface area contributed by atoms with E-state index in [0.29, 0.717) is 6.42 Å². The largest absolute Gasteiger partial charge is 0.296 e. The Bertz CT molecular complexity index is 365. The quantitative estimate of drug-likeness (QED) is 0.703. The van der Waals surface area contributed by atoms with Crippen LogP contribution in [0.1, 0.15) is 12.0 Å². The summed E-state index contributed by atoms with van der Waals surface area (Å²) in [6, 6.07) is 1.92. The van der Waals surface area contributed by atoms with Crippen LogP contribution in [0.5, 0.6) is 0 Å². The molecule has 0 spiro atoms. The summed E-state index contributed by atoms with van der Waals surface area (Å²) in [4.78, 5) is 17.0. The van der Waals surface area contributed by atoms with Crippen molar-refractivity contribution < 1.29 is 4.79 Å². The van der Waals surface area contributed by atoms with Gasteiger partial charge in [0.15, 0.2) is 0 Å². The first-order chi connectivity index (χ1) is 6.18. The van der Waals surface area contributed by atoms with Gasteiger partial charge >= 0.3 is 0 Å². The summed E-state index contributed by atoms with van der Waals surface area (Å²) in [6.45, 7) is 2.78. The molecule has 1 saturated heterocycles. The second kappa shape index (κ2) is 3.10. The molecule has 0 unspecified atom stereocenters. The maximum absolute atomic E-state index is 11.1. The maximum atomic E-state index is 11.1. The van der Waals surface area contributed by atoms with Crippen molar-refractivity contribution in [2.45, 2.75) is 13.3 Å². The molecule has 2 rings (SSSR count). The Balaban J connectivity index is 2.31. The molecular formula is C9H9BrN2O. The number of hydrogen-bond donors (Lipinski definition) is 0. The molecule has 0 N–H and O–H groups in total. The second-order valence-electron chi connectivity index (χ2n) is 3.09. The third-order valence-corrected chi connectivity index (χ3v) is 2.99. The van der Waals surface area contributed by atoms with E-state index in [1.165, 1.54) is 0 Å². The number of carbonyl (C=O) groups excluding carboxylic acids is 1. The smallest absolute Gasteiger partial charge is 0.229 e. The van der Waals surface area contributed by atoms with Crippen molar-refractivity contribution >= 4 is 27.7 Å². The number of nitrogens with zero attached hydrogens (tertiary/aromatic N) is 2. The van der Waals surface area contributed by atoms with E-state index in [2.05, 4.69) is 20.9 Å². The number of anilines is 1. The van der Waals surface area contributed by atoms with E-state index in [1.54, 1.807) is 11.1 Å². The van der Waals surface area contributed by atoms with Crippen LogP contribution in [0.15, 0.2) is 16.7 Å². The molecule has 1 fully saturated rings. The molecule has 0 bridgehead atoms. The van der Waals surface area contributed by atoms with Gasteiger partial charge < -0.3 is 0 Å². The van der Waals surface area contributed by atoms with Gasteiger partial charge in [0.25, 0.3) is 0 Å². The van der Waals surface area contributed by atoms with Crippen molar-refractivity contribution in [3.63, 3.8) is 0 Å². The van der Waals surface area contributed by atoms with E-state index in [4.69, 9.17) is 0 Å². The molecule has 3 nitrogen and oxygen atoms in total. The Labute approximate surface area is 84.9 Å². The number of pyridine rings is 1. The number of β-lactam (4-membered cyclic amide) rings is 1. The number of aromatic nitrogens is 1. The lowest BCUT2D eigenvalue weighted by Crippen LogP contribution is -2.43. The summed E-state index contributed by atoms with van der Waals surface area (Å²) in [7, 11) is 0. The lowest BCUT2D eigenvalue weighted by atomic mass is 10.2. The highest BCUT2D eigenvalue weighted by Gasteiger charge is 2.26. The normalized spacial score (nSPS) is 15.8. The molecule has 1 aliphatic heterocycles. The van der Waals surface area contributed by atoms with Crippen molar-refractivity contribution in [3.05, 3.63) is 22.3 Å². The van der Waals surface area contributed by atoms with Gasteiger partial charge in [0.2, 0.25) is 5.91 Å². The summed E-state index contributed by atoms with van der Waals surface area (Å²) >= 11 is 3.37. The standard InChI is InChI=1S/C9H9BrN2O/c1-6-4-8(11-5-7(6)10)12-3-2-9(12)13/h4-5H,2-3H2,1H3. The fourth-order valence-corrected chi connectivity index (χ4v) is 1.45. The Hall–Kier alpha value is -0.900. The number of rotatable bonds is 1. The van der Waals surface area contributed by atoms with Gasteiger partial charge in [-0.15, -0.1) is 0 Å². The summed E-state index contributed by atoms with van der Waals surface area (Å²) in [5, 5.41) is 0. The SMILES string of the molecule is Cc1cc(N2CCC2=O)ncc1Br. The highest BCUT2D eigenvalue weighted by molar-refractivity contribution is 9.10. The number of halogens is 1. The zero-order valence-corrected chi connectivity index (χ0v) is 8.84. The van der Waals surface area contributed by atoms with Gasteiger partial charge in [0, 0.05) is 23.6 Å². The number of aryl methyl sites for hydroxylation is 1. The van der Waals surface area contributed by atoms with Crippen LogP contribution in [0.2, 0.25) is 0 Å². The van der Waals surface area contributed by atoms with Crippen LogP contribution < -0.4 is 4.90 Å². The Morgan fingerprint density at radius 2 is 2.38 bits per heavy atom. The lowest BCUT2D eigenvalue weighted by molar-refractivity contribution is -0.122. The Kier molecular flexibility index (Phi) is 2.07. The summed E-state index contributed by atoms with van der Waals surface area (Å²) in [5.74, 6) is 0.922. The van der Waals surface area contributed by atoms with Crippen LogP contribution in [-0.2, 0) is 4.79 Å². The van der Waals surface area contributed by atoms with Crippen molar-refractivity contribution in [1.82, 2.24) is 4.98 Å². The van der Waals surface area contributed by atoms with Gasteiger partial charge in [-0.05, 0) is 34.5 Å². The Morgan fingerprint density at radius 1 is 1.62 bits per heavy atom. The monoisotopic (exact) mass is 240 g/mol. The summed E-state index contributed by atoms with van der Waals surface area (Å²) in [5.41, 5.74) is 1.10. The van der Waals surface area contributed by atoms with Gasteiger partial charge in [-0.3, -0.25) is 9.69 Å². The molecule has 13 heavy (non-hydrogen) atoms. The first-order valence-electron chi connectivity index (χ1n) is 4.11. The Morgan fingerprint density at radius 3 is 2.85 bits per heavy atom. The predicted octanol–water partition coefficient (Wildman–Crippen LogP) is 1.89. The molecule has 1 aliphatic rings.